The van der Waals surface area contributed by atoms with Gasteiger partial charge in [-0.3, -0.25) is 9.36 Å². The molecule has 13 heteroatoms. The molecule has 5 aromatic rings. The number of benzene rings is 1. The molecule has 1 aromatic carbocycles. The third-order valence-corrected chi connectivity index (χ3v) is 6.98. The fraction of sp³-hybridized carbons (Fsp3) is 0.310. The number of ether oxygens (including phenoxy) is 2. The summed E-state index contributed by atoms with van der Waals surface area (Å²) in [5, 5.41) is 4.37. The number of methoxy groups -OCH3 is 1. The molecule has 4 aromatic heterocycles. The van der Waals surface area contributed by atoms with Gasteiger partial charge < -0.3 is 9.47 Å². The summed E-state index contributed by atoms with van der Waals surface area (Å²) >= 11 is 0. The summed E-state index contributed by atoms with van der Waals surface area (Å²) in [6, 6.07) is 10.9. The second-order valence-electron chi connectivity index (χ2n) is 10.0. The predicted octanol–water partition coefficient (Wildman–Crippen LogP) is 4.71. The van der Waals surface area contributed by atoms with Crippen LogP contribution in [0.1, 0.15) is 41.4 Å². The number of pyridine rings is 1. The van der Waals surface area contributed by atoms with Crippen molar-refractivity contribution in [1.29, 1.82) is 0 Å². The van der Waals surface area contributed by atoms with Crippen LogP contribution in [0.3, 0.4) is 0 Å². The SMILES string of the molecule is COCCOc1ncnc(C2CC2)c1-c1ncc2ccc(=O)n(Cc3ccc(-n4nc(C(F)(F)F)cc4C)cc3)c2n1. The molecule has 10 nitrogen and oxygen atoms in total. The Labute approximate surface area is 237 Å². The number of aryl methyl sites for hydroxylation is 1. The van der Waals surface area contributed by atoms with Gasteiger partial charge in [-0.25, -0.2) is 24.6 Å². The molecule has 1 aliphatic carbocycles. The molecule has 0 aliphatic heterocycles. The highest BCUT2D eigenvalue weighted by molar-refractivity contribution is 5.78. The zero-order chi connectivity index (χ0) is 29.4. The van der Waals surface area contributed by atoms with E-state index in [9.17, 15) is 18.0 Å². The number of halogens is 3. The lowest BCUT2D eigenvalue weighted by atomic mass is 10.1. The van der Waals surface area contributed by atoms with Crippen molar-refractivity contribution in [3.05, 3.63) is 88.0 Å². The van der Waals surface area contributed by atoms with Gasteiger partial charge in [-0.05, 0) is 49.6 Å². The van der Waals surface area contributed by atoms with Crippen LogP contribution in [-0.4, -0.2) is 54.6 Å². The predicted molar refractivity (Wildman–Crippen MR) is 147 cm³/mol. The van der Waals surface area contributed by atoms with Crippen molar-refractivity contribution in [2.75, 3.05) is 20.3 Å². The summed E-state index contributed by atoms with van der Waals surface area (Å²) in [4.78, 5) is 31.3. The minimum Gasteiger partial charge on any atom is -0.475 e. The van der Waals surface area contributed by atoms with Crippen LogP contribution in [0.15, 0.2) is 59.8 Å². The van der Waals surface area contributed by atoms with Crippen LogP contribution < -0.4 is 10.3 Å². The van der Waals surface area contributed by atoms with E-state index in [4.69, 9.17) is 14.5 Å². The molecule has 1 aliphatic rings. The summed E-state index contributed by atoms with van der Waals surface area (Å²) in [5.74, 6) is 0.960. The second kappa shape index (κ2) is 11.0. The molecule has 0 spiro atoms. The quantitative estimate of drug-likeness (QED) is 0.232. The van der Waals surface area contributed by atoms with E-state index in [1.165, 1.54) is 21.6 Å². The van der Waals surface area contributed by atoms with Gasteiger partial charge in [0.25, 0.3) is 5.56 Å². The van der Waals surface area contributed by atoms with Gasteiger partial charge in [0, 0.05) is 36.4 Å². The van der Waals surface area contributed by atoms with Gasteiger partial charge in [-0.15, -0.1) is 0 Å². The topological polar surface area (TPSA) is 110 Å². The van der Waals surface area contributed by atoms with Crippen molar-refractivity contribution < 1.29 is 22.6 Å². The van der Waals surface area contributed by atoms with E-state index in [0.717, 1.165) is 30.2 Å². The number of fused-ring (bicyclic) bond motifs is 1. The number of hydrogen-bond acceptors (Lipinski definition) is 8. The fourth-order valence-corrected chi connectivity index (χ4v) is 4.73. The third kappa shape index (κ3) is 5.47. The first kappa shape index (κ1) is 27.5. The normalized spacial score (nSPS) is 13.5. The largest absolute Gasteiger partial charge is 0.475 e. The molecule has 216 valence electrons. The Morgan fingerprint density at radius 3 is 2.50 bits per heavy atom. The third-order valence-electron chi connectivity index (χ3n) is 6.98. The molecular weight excluding hydrogens is 551 g/mol. The maximum atomic E-state index is 13.1. The van der Waals surface area contributed by atoms with Crippen LogP contribution in [0.5, 0.6) is 5.88 Å². The van der Waals surface area contributed by atoms with Crippen LogP contribution in [0.2, 0.25) is 0 Å². The van der Waals surface area contributed by atoms with Crippen molar-refractivity contribution in [3.8, 4) is 23.0 Å². The number of rotatable bonds is 9. The zero-order valence-corrected chi connectivity index (χ0v) is 22.8. The molecule has 0 amide bonds. The van der Waals surface area contributed by atoms with Gasteiger partial charge in [-0.1, -0.05) is 12.1 Å². The van der Waals surface area contributed by atoms with E-state index in [0.29, 0.717) is 46.3 Å². The van der Waals surface area contributed by atoms with E-state index in [1.54, 1.807) is 50.6 Å². The number of aromatic nitrogens is 7. The van der Waals surface area contributed by atoms with Crippen molar-refractivity contribution in [2.45, 2.75) is 38.4 Å². The Hall–Kier alpha value is -4.65. The molecule has 1 fully saturated rings. The van der Waals surface area contributed by atoms with E-state index in [-0.39, 0.29) is 24.6 Å². The van der Waals surface area contributed by atoms with Crippen LogP contribution in [0.4, 0.5) is 13.2 Å². The van der Waals surface area contributed by atoms with Gasteiger partial charge in [0.05, 0.1) is 24.5 Å². The average Bonchev–Trinajstić information content (AvgIpc) is 3.75. The van der Waals surface area contributed by atoms with Gasteiger partial charge in [-0.2, -0.15) is 18.3 Å². The Kier molecular flexibility index (Phi) is 7.19. The first-order valence-electron chi connectivity index (χ1n) is 13.3. The van der Waals surface area contributed by atoms with E-state index in [1.807, 2.05) is 0 Å². The summed E-state index contributed by atoms with van der Waals surface area (Å²) in [5.41, 5.74) is 2.17. The average molecular weight is 578 g/mol. The smallest absolute Gasteiger partial charge is 0.435 e. The summed E-state index contributed by atoms with van der Waals surface area (Å²) in [7, 11) is 1.58. The highest BCUT2D eigenvalue weighted by atomic mass is 19.4. The number of alkyl halides is 3. The van der Waals surface area contributed by atoms with Crippen LogP contribution >= 0.6 is 0 Å². The monoisotopic (exact) mass is 577 g/mol. The van der Waals surface area contributed by atoms with E-state index in [2.05, 4.69) is 20.1 Å². The Morgan fingerprint density at radius 1 is 1.02 bits per heavy atom. The summed E-state index contributed by atoms with van der Waals surface area (Å²) < 4.78 is 53.1. The first-order chi connectivity index (χ1) is 20.2. The van der Waals surface area contributed by atoms with Crippen molar-refractivity contribution in [1.82, 2.24) is 34.3 Å². The molecule has 0 N–H and O–H groups in total. The second-order valence-corrected chi connectivity index (χ2v) is 10.0. The maximum Gasteiger partial charge on any atom is 0.435 e. The summed E-state index contributed by atoms with van der Waals surface area (Å²) in [6.45, 7) is 2.40. The van der Waals surface area contributed by atoms with Crippen LogP contribution in [0, 0.1) is 6.92 Å². The lowest BCUT2D eigenvalue weighted by Gasteiger charge is -2.14. The molecule has 0 saturated heterocycles. The maximum absolute atomic E-state index is 13.1. The van der Waals surface area contributed by atoms with E-state index >= 15 is 0 Å². The van der Waals surface area contributed by atoms with Gasteiger partial charge in [0.1, 0.15) is 24.1 Å². The van der Waals surface area contributed by atoms with Crippen LogP contribution in [0.25, 0.3) is 28.1 Å². The Morgan fingerprint density at radius 2 is 1.81 bits per heavy atom. The first-order valence-corrected chi connectivity index (χ1v) is 13.3. The molecular formula is C29H26F3N7O3. The Bertz CT molecular complexity index is 1810. The van der Waals surface area contributed by atoms with Crippen molar-refractivity contribution >= 4 is 11.0 Å². The minimum absolute atomic E-state index is 0.177. The molecule has 0 bridgehead atoms. The minimum atomic E-state index is -4.53. The van der Waals surface area contributed by atoms with E-state index < -0.39 is 11.9 Å². The molecule has 1 saturated carbocycles. The molecule has 42 heavy (non-hydrogen) atoms. The van der Waals surface area contributed by atoms with Crippen molar-refractivity contribution in [3.63, 3.8) is 0 Å². The van der Waals surface area contributed by atoms with Gasteiger partial charge >= 0.3 is 6.18 Å². The van der Waals surface area contributed by atoms with Gasteiger partial charge in [0.15, 0.2) is 11.5 Å². The molecule has 6 rings (SSSR count). The Balaban J connectivity index is 1.36. The standard InChI is InChI=1S/C29H26F3N7O3/c1-17-13-22(29(30,31)32)37-39(17)21-8-3-18(4-9-21)15-38-23(40)10-7-20-14-33-26(36-27(20)38)24-25(19-5-6-19)34-16-35-28(24)42-12-11-41-2/h3-4,7-10,13-14,16,19H,5-6,11-12,15H2,1-2H3. The lowest BCUT2D eigenvalue weighted by molar-refractivity contribution is -0.141. The molecule has 0 unspecified atom stereocenters. The fourth-order valence-electron chi connectivity index (χ4n) is 4.73. The van der Waals surface area contributed by atoms with Gasteiger partial charge in [0.2, 0.25) is 5.88 Å². The highest BCUT2D eigenvalue weighted by Gasteiger charge is 2.34. The molecule has 0 atom stereocenters. The van der Waals surface area contributed by atoms with Crippen LogP contribution in [-0.2, 0) is 17.5 Å². The number of hydrogen-bond donors (Lipinski definition) is 0. The van der Waals surface area contributed by atoms with Crippen molar-refractivity contribution in [2.24, 2.45) is 0 Å². The number of nitrogens with zero attached hydrogens (tertiary/aromatic N) is 7. The lowest BCUT2D eigenvalue weighted by Crippen LogP contribution is -2.21. The highest BCUT2D eigenvalue weighted by Crippen LogP contribution is 2.45. The molecule has 4 heterocycles. The summed E-state index contributed by atoms with van der Waals surface area (Å²) in [6.07, 6.45) is 0.567. The molecule has 0 radical (unpaired) electrons. The zero-order valence-electron chi connectivity index (χ0n) is 22.8.